The summed E-state index contributed by atoms with van der Waals surface area (Å²) in [6.07, 6.45) is 5.17. The lowest BCUT2D eigenvalue weighted by atomic mass is 10.1. The number of carbonyl (C=O) groups excluding carboxylic acids is 1. The minimum absolute atomic E-state index is 0.0652. The molecule has 1 amide bonds. The quantitative estimate of drug-likeness (QED) is 0.365. The van der Waals surface area contributed by atoms with E-state index < -0.39 is 0 Å². The van der Waals surface area contributed by atoms with Gasteiger partial charge in [0.05, 0.1) is 18.4 Å². The highest BCUT2D eigenvalue weighted by atomic mass is 32.2. The van der Waals surface area contributed by atoms with E-state index in [1.807, 2.05) is 48.7 Å². The Morgan fingerprint density at radius 2 is 2.06 bits per heavy atom. The molecular formula is C25H27N5O2S. The lowest BCUT2D eigenvalue weighted by Crippen LogP contribution is -2.18. The van der Waals surface area contributed by atoms with Crippen LogP contribution in [0.25, 0.3) is 22.3 Å². The first kappa shape index (κ1) is 21.7. The topological polar surface area (TPSA) is 84.8 Å². The number of aromatic amines is 1. The fourth-order valence-corrected chi connectivity index (χ4v) is 4.91. The fourth-order valence-electron chi connectivity index (χ4n) is 4.16. The van der Waals surface area contributed by atoms with Crippen molar-refractivity contribution in [1.82, 2.24) is 19.7 Å². The number of nitrogens with zero attached hydrogens (tertiary/aromatic N) is 3. The number of hydrogen-bond acceptors (Lipinski definition) is 5. The first-order chi connectivity index (χ1) is 16.2. The number of anilines is 1. The van der Waals surface area contributed by atoms with E-state index in [-0.39, 0.29) is 17.8 Å². The molecular weight excluding hydrogens is 434 g/mol. The lowest BCUT2D eigenvalue weighted by Gasteiger charge is -2.14. The molecule has 0 aliphatic carbocycles. The largest absolute Gasteiger partial charge is 0.376 e. The number of nitrogens with one attached hydrogen (secondary N) is 2. The molecule has 3 heterocycles. The fraction of sp³-hybridized carbons (Fsp3) is 0.320. The van der Waals surface area contributed by atoms with Gasteiger partial charge >= 0.3 is 0 Å². The van der Waals surface area contributed by atoms with Crippen LogP contribution in [0.1, 0.15) is 25.3 Å². The SMILES string of the molecule is CCc1ccc(NC(=O)CSc2nnc(-c3c[nH]c4ccccc34)n2CC2CCCO2)cc1. The van der Waals surface area contributed by atoms with Crippen LogP contribution in [-0.4, -0.2) is 44.1 Å². The summed E-state index contributed by atoms with van der Waals surface area (Å²) in [5.41, 5.74) is 4.11. The van der Waals surface area contributed by atoms with E-state index >= 15 is 0 Å². The number of aromatic nitrogens is 4. The van der Waals surface area contributed by atoms with E-state index in [4.69, 9.17) is 4.74 Å². The summed E-state index contributed by atoms with van der Waals surface area (Å²) in [4.78, 5) is 15.9. The van der Waals surface area contributed by atoms with Crippen LogP contribution in [0, 0.1) is 0 Å². The number of hydrogen-bond donors (Lipinski definition) is 2. The van der Waals surface area contributed by atoms with Gasteiger partial charge in [-0.1, -0.05) is 49.0 Å². The van der Waals surface area contributed by atoms with E-state index in [0.717, 1.165) is 59.0 Å². The minimum atomic E-state index is -0.0652. The summed E-state index contributed by atoms with van der Waals surface area (Å²) in [6.45, 7) is 3.57. The molecule has 0 bridgehead atoms. The molecule has 5 rings (SSSR count). The number of para-hydroxylation sites is 1. The van der Waals surface area contributed by atoms with Crippen LogP contribution in [0.5, 0.6) is 0 Å². The molecule has 1 atom stereocenters. The lowest BCUT2D eigenvalue weighted by molar-refractivity contribution is -0.113. The summed E-state index contributed by atoms with van der Waals surface area (Å²) >= 11 is 1.40. The Bertz CT molecular complexity index is 1240. The zero-order valence-corrected chi connectivity index (χ0v) is 19.4. The average molecular weight is 462 g/mol. The minimum Gasteiger partial charge on any atom is -0.376 e. The van der Waals surface area contributed by atoms with Crippen molar-refractivity contribution in [2.24, 2.45) is 0 Å². The Kier molecular flexibility index (Phi) is 6.46. The Morgan fingerprint density at radius 1 is 1.21 bits per heavy atom. The van der Waals surface area contributed by atoms with Crippen molar-refractivity contribution in [3.63, 3.8) is 0 Å². The predicted molar refractivity (Wildman–Crippen MR) is 131 cm³/mol. The Balaban J connectivity index is 1.35. The van der Waals surface area contributed by atoms with Crippen molar-refractivity contribution < 1.29 is 9.53 Å². The van der Waals surface area contributed by atoms with Gasteiger partial charge in [-0.05, 0) is 43.0 Å². The van der Waals surface area contributed by atoms with Gasteiger partial charge in [-0.3, -0.25) is 9.36 Å². The van der Waals surface area contributed by atoms with Gasteiger partial charge < -0.3 is 15.0 Å². The van der Waals surface area contributed by atoms with E-state index in [0.29, 0.717) is 6.54 Å². The summed E-state index contributed by atoms with van der Waals surface area (Å²) in [7, 11) is 0. The number of carbonyl (C=O) groups is 1. The standard InChI is InChI=1S/C25H27N5O2S/c1-2-17-9-11-18(12-10-17)27-23(31)16-33-25-29-28-24(30(25)15-19-6-5-13-32-19)21-14-26-22-8-4-3-7-20(21)22/h3-4,7-12,14,19,26H,2,5-6,13,15-16H2,1H3,(H,27,31). The van der Waals surface area contributed by atoms with E-state index in [9.17, 15) is 4.79 Å². The van der Waals surface area contributed by atoms with Crippen molar-refractivity contribution in [1.29, 1.82) is 0 Å². The third kappa shape index (κ3) is 4.82. The van der Waals surface area contributed by atoms with Gasteiger partial charge in [-0.25, -0.2) is 0 Å². The molecule has 1 fully saturated rings. The smallest absolute Gasteiger partial charge is 0.234 e. The van der Waals surface area contributed by atoms with Gasteiger partial charge in [0.15, 0.2) is 11.0 Å². The number of fused-ring (bicyclic) bond motifs is 1. The molecule has 170 valence electrons. The number of amides is 1. The highest BCUT2D eigenvalue weighted by molar-refractivity contribution is 7.99. The third-order valence-corrected chi connectivity index (χ3v) is 6.90. The zero-order valence-electron chi connectivity index (χ0n) is 18.6. The molecule has 7 nitrogen and oxygen atoms in total. The maximum Gasteiger partial charge on any atom is 0.234 e. The Labute approximate surface area is 196 Å². The molecule has 1 unspecified atom stereocenters. The molecule has 1 saturated heterocycles. The van der Waals surface area contributed by atoms with Gasteiger partial charge in [0, 0.05) is 35.0 Å². The van der Waals surface area contributed by atoms with E-state index in [1.165, 1.54) is 17.3 Å². The summed E-state index contributed by atoms with van der Waals surface area (Å²) in [5, 5.41) is 13.8. The molecule has 2 N–H and O–H groups in total. The highest BCUT2D eigenvalue weighted by Crippen LogP contribution is 2.31. The van der Waals surface area contributed by atoms with Crippen molar-refractivity contribution in [3.8, 4) is 11.4 Å². The normalized spacial score (nSPS) is 15.8. The number of aryl methyl sites for hydroxylation is 1. The zero-order chi connectivity index (χ0) is 22.6. The first-order valence-electron chi connectivity index (χ1n) is 11.3. The van der Waals surface area contributed by atoms with Crippen LogP contribution < -0.4 is 5.32 Å². The van der Waals surface area contributed by atoms with Gasteiger partial charge in [0.25, 0.3) is 0 Å². The maximum absolute atomic E-state index is 12.6. The summed E-state index contributed by atoms with van der Waals surface area (Å²) in [5.74, 6) is 0.984. The van der Waals surface area contributed by atoms with Crippen LogP contribution in [0.15, 0.2) is 59.9 Å². The van der Waals surface area contributed by atoms with E-state index in [2.05, 4.69) is 38.1 Å². The first-order valence-corrected chi connectivity index (χ1v) is 12.3. The van der Waals surface area contributed by atoms with Crippen LogP contribution in [0.3, 0.4) is 0 Å². The van der Waals surface area contributed by atoms with Gasteiger partial charge in [-0.2, -0.15) is 0 Å². The second-order valence-corrected chi connectivity index (χ2v) is 9.13. The van der Waals surface area contributed by atoms with E-state index in [1.54, 1.807) is 0 Å². The number of ether oxygens (including phenoxy) is 1. The highest BCUT2D eigenvalue weighted by Gasteiger charge is 2.23. The summed E-state index contributed by atoms with van der Waals surface area (Å²) in [6, 6.07) is 16.1. The molecule has 4 aromatic rings. The van der Waals surface area contributed by atoms with Crippen molar-refractivity contribution in [3.05, 3.63) is 60.3 Å². The van der Waals surface area contributed by atoms with Gasteiger partial charge in [0.1, 0.15) is 0 Å². The van der Waals surface area contributed by atoms with Crippen LogP contribution >= 0.6 is 11.8 Å². The molecule has 2 aromatic carbocycles. The van der Waals surface area contributed by atoms with Crippen molar-refractivity contribution in [2.45, 2.75) is 44.0 Å². The second-order valence-electron chi connectivity index (χ2n) is 8.19. The molecule has 0 spiro atoms. The van der Waals surface area contributed by atoms with Crippen LogP contribution in [-0.2, 0) is 22.5 Å². The molecule has 0 radical (unpaired) electrons. The second kappa shape index (κ2) is 9.80. The number of thioether (sulfide) groups is 1. The predicted octanol–water partition coefficient (Wildman–Crippen LogP) is 4.90. The molecule has 2 aromatic heterocycles. The molecule has 0 saturated carbocycles. The monoisotopic (exact) mass is 461 g/mol. The maximum atomic E-state index is 12.6. The van der Waals surface area contributed by atoms with Crippen molar-refractivity contribution >= 4 is 34.3 Å². The van der Waals surface area contributed by atoms with Crippen LogP contribution in [0.4, 0.5) is 5.69 Å². The number of H-pyrrole nitrogens is 1. The third-order valence-electron chi connectivity index (χ3n) is 5.94. The summed E-state index contributed by atoms with van der Waals surface area (Å²) < 4.78 is 7.99. The van der Waals surface area contributed by atoms with Gasteiger partial charge in [-0.15, -0.1) is 10.2 Å². The number of benzene rings is 2. The molecule has 1 aliphatic rings. The average Bonchev–Trinajstić information content (AvgIpc) is 3.59. The Hall–Kier alpha value is -3.10. The molecule has 1 aliphatic heterocycles. The van der Waals surface area contributed by atoms with Crippen molar-refractivity contribution in [2.75, 3.05) is 17.7 Å². The number of rotatable bonds is 8. The Morgan fingerprint density at radius 3 is 2.85 bits per heavy atom. The van der Waals surface area contributed by atoms with Gasteiger partial charge in [0.2, 0.25) is 5.91 Å². The van der Waals surface area contributed by atoms with Crippen LogP contribution in [0.2, 0.25) is 0 Å². The molecule has 8 heteroatoms. The molecule has 33 heavy (non-hydrogen) atoms.